The Morgan fingerprint density at radius 2 is 1.55 bits per heavy atom. The van der Waals surface area contributed by atoms with Crippen LogP contribution in [0.1, 0.15) is 124 Å². The molecule has 1 aliphatic rings. The van der Waals surface area contributed by atoms with E-state index in [4.69, 9.17) is 4.74 Å². The van der Waals surface area contributed by atoms with Crippen LogP contribution in [0, 0.1) is 0 Å². The van der Waals surface area contributed by atoms with E-state index in [-0.39, 0.29) is 11.7 Å². The van der Waals surface area contributed by atoms with Gasteiger partial charge in [-0.05, 0) is 55.0 Å². The monoisotopic (exact) mass is 564 g/mol. The molecule has 0 radical (unpaired) electrons. The predicted octanol–water partition coefficient (Wildman–Crippen LogP) is 9.59. The van der Waals surface area contributed by atoms with Gasteiger partial charge in [0.05, 0.1) is 23.7 Å². The molecule has 0 atom stereocenters. The summed E-state index contributed by atoms with van der Waals surface area (Å²) in [6.07, 6.45) is 17.5. The molecule has 0 fully saturated rings. The highest BCUT2D eigenvalue weighted by molar-refractivity contribution is 8.03. The third-order valence-corrected chi connectivity index (χ3v) is 8.31. The van der Waals surface area contributed by atoms with Gasteiger partial charge in [0, 0.05) is 18.3 Å². The van der Waals surface area contributed by atoms with Crippen molar-refractivity contribution in [2.24, 2.45) is 0 Å². The number of unbranched alkanes of at least 4 members (excludes halogenated alkanes) is 11. The molecule has 0 unspecified atom stereocenters. The number of Topliss-reactive ketones (excluding diaryl/α,β-unsaturated/α-hetero) is 1. The Morgan fingerprint density at radius 1 is 0.900 bits per heavy atom. The van der Waals surface area contributed by atoms with Gasteiger partial charge in [0.25, 0.3) is 5.91 Å². The number of ether oxygens (including phenoxy) is 1. The van der Waals surface area contributed by atoms with E-state index in [1.54, 1.807) is 18.2 Å². The molecule has 0 aromatic heterocycles. The van der Waals surface area contributed by atoms with Crippen molar-refractivity contribution in [3.05, 3.63) is 70.3 Å². The highest BCUT2D eigenvalue weighted by Crippen LogP contribution is 2.31. The summed E-state index contributed by atoms with van der Waals surface area (Å²) >= 11 is 1.83. The maximum Gasteiger partial charge on any atom is 0.255 e. The van der Waals surface area contributed by atoms with Gasteiger partial charge in [0.15, 0.2) is 11.5 Å². The number of nitrogens with zero attached hydrogens (tertiary/aromatic N) is 1. The maximum atomic E-state index is 13.2. The van der Waals surface area contributed by atoms with Crippen molar-refractivity contribution in [2.45, 2.75) is 104 Å². The van der Waals surface area contributed by atoms with Crippen molar-refractivity contribution in [2.75, 3.05) is 17.8 Å². The first-order valence-corrected chi connectivity index (χ1v) is 16.2. The van der Waals surface area contributed by atoms with E-state index in [0.717, 1.165) is 30.8 Å². The second-order valence-electron chi connectivity index (χ2n) is 10.9. The third-order valence-electron chi connectivity index (χ3n) is 7.28. The van der Waals surface area contributed by atoms with E-state index >= 15 is 0 Å². The number of amides is 1. The predicted molar refractivity (Wildman–Crippen MR) is 169 cm³/mol. The summed E-state index contributed by atoms with van der Waals surface area (Å²) in [5.41, 5.74) is 2.71. The van der Waals surface area contributed by atoms with Crippen LogP contribution >= 0.6 is 11.8 Å². The number of nitrogens with one attached hydrogen (secondary N) is 1. The van der Waals surface area contributed by atoms with Crippen LogP contribution in [0.25, 0.3) is 0 Å². The number of ketones is 1. The number of thioether (sulfide) groups is 1. The van der Waals surface area contributed by atoms with Gasteiger partial charge in [0.1, 0.15) is 0 Å². The molecule has 40 heavy (non-hydrogen) atoms. The molecule has 0 aliphatic carbocycles. The van der Waals surface area contributed by atoms with Gasteiger partial charge in [-0.2, -0.15) is 0 Å². The Hall–Kier alpha value is -2.73. The van der Waals surface area contributed by atoms with Crippen LogP contribution in [0.15, 0.2) is 53.6 Å². The Balaban J connectivity index is 1.47. The van der Waals surface area contributed by atoms with E-state index in [0.29, 0.717) is 29.2 Å². The molecule has 0 spiro atoms. The Morgan fingerprint density at radius 3 is 2.17 bits per heavy atom. The van der Waals surface area contributed by atoms with Crippen LogP contribution < -0.4 is 10.1 Å². The lowest BCUT2D eigenvalue weighted by Crippen LogP contribution is -2.16. The molecule has 5 nitrogen and oxygen atoms in total. The number of carbonyl (C=O) groups is 2. The summed E-state index contributed by atoms with van der Waals surface area (Å²) in [4.78, 5) is 29.1. The first kappa shape index (κ1) is 31.8. The molecular formula is C34H48N2O3S. The average molecular weight is 565 g/mol. The fourth-order valence-electron chi connectivity index (χ4n) is 5.03. The van der Waals surface area contributed by atoms with Gasteiger partial charge in [0.2, 0.25) is 0 Å². The summed E-state index contributed by atoms with van der Waals surface area (Å²) in [7, 11) is 0. The zero-order valence-electron chi connectivity index (χ0n) is 24.8. The third kappa shape index (κ3) is 11.0. The van der Waals surface area contributed by atoms with Crippen LogP contribution in [0.2, 0.25) is 0 Å². The number of anilines is 1. The van der Waals surface area contributed by atoms with Gasteiger partial charge in [-0.15, -0.1) is 11.8 Å². The summed E-state index contributed by atoms with van der Waals surface area (Å²) in [6.45, 7) is 7.20. The minimum Gasteiger partial charge on any atom is -0.491 e. The summed E-state index contributed by atoms with van der Waals surface area (Å²) in [5.74, 6) is 1.12. The van der Waals surface area contributed by atoms with Crippen LogP contribution in [0.4, 0.5) is 5.69 Å². The molecule has 1 amide bonds. The van der Waals surface area contributed by atoms with Gasteiger partial charge in [-0.1, -0.05) is 95.8 Å². The number of carbonyl (C=O) groups excluding carboxylic acids is 2. The largest absolute Gasteiger partial charge is 0.491 e. The number of para-hydroxylation sites is 1. The van der Waals surface area contributed by atoms with Gasteiger partial charge >= 0.3 is 0 Å². The van der Waals surface area contributed by atoms with Crippen molar-refractivity contribution in [3.8, 4) is 5.75 Å². The Labute approximate surface area is 246 Å². The smallest absolute Gasteiger partial charge is 0.255 e. The average Bonchev–Trinajstić information content (AvgIpc) is 3.36. The molecule has 2 aromatic carbocycles. The van der Waals surface area contributed by atoms with Crippen LogP contribution in [0.3, 0.4) is 0 Å². The fourth-order valence-corrected chi connectivity index (χ4v) is 5.79. The number of benzene rings is 2. The lowest BCUT2D eigenvalue weighted by molar-refractivity contribution is 0.100. The quantitative estimate of drug-likeness (QED) is 0.136. The number of hydrogen-bond donors (Lipinski definition) is 1. The van der Waals surface area contributed by atoms with E-state index in [1.165, 1.54) is 76.0 Å². The molecule has 2 aromatic rings. The molecule has 0 saturated carbocycles. The first-order valence-electron chi connectivity index (χ1n) is 15.2. The second kappa shape index (κ2) is 17.9. The van der Waals surface area contributed by atoms with E-state index < -0.39 is 0 Å². The maximum absolute atomic E-state index is 13.2. The van der Waals surface area contributed by atoms with Crippen molar-refractivity contribution in [1.82, 2.24) is 4.90 Å². The number of rotatable bonds is 19. The SMILES string of the molecule is CCCCCCCCCCCCCCOc1c(NC(=O)c2cccc(CN3C=C(C)SC3)c2)cccc1C(C)=O. The summed E-state index contributed by atoms with van der Waals surface area (Å²) in [5, 5.41) is 3.00. The first-order chi connectivity index (χ1) is 19.5. The second-order valence-corrected chi connectivity index (χ2v) is 12.1. The highest BCUT2D eigenvalue weighted by atomic mass is 32.2. The van der Waals surface area contributed by atoms with Crippen molar-refractivity contribution >= 4 is 29.1 Å². The van der Waals surface area contributed by atoms with Gasteiger partial charge in [-0.25, -0.2) is 0 Å². The highest BCUT2D eigenvalue weighted by Gasteiger charge is 2.17. The van der Waals surface area contributed by atoms with Crippen LogP contribution in [-0.2, 0) is 6.54 Å². The summed E-state index contributed by atoms with van der Waals surface area (Å²) in [6, 6.07) is 13.1. The van der Waals surface area contributed by atoms with E-state index in [1.807, 2.05) is 36.0 Å². The molecule has 6 heteroatoms. The Bertz CT molecular complexity index is 1110. The van der Waals surface area contributed by atoms with Crippen molar-refractivity contribution in [3.63, 3.8) is 0 Å². The summed E-state index contributed by atoms with van der Waals surface area (Å²) < 4.78 is 6.13. The number of allylic oxidation sites excluding steroid dienone is 1. The van der Waals surface area contributed by atoms with Crippen LogP contribution in [0.5, 0.6) is 5.75 Å². The lowest BCUT2D eigenvalue weighted by Gasteiger charge is -2.17. The van der Waals surface area contributed by atoms with E-state index in [2.05, 4.69) is 30.3 Å². The van der Waals surface area contributed by atoms with Crippen molar-refractivity contribution in [1.29, 1.82) is 0 Å². The van der Waals surface area contributed by atoms with Crippen molar-refractivity contribution < 1.29 is 14.3 Å². The molecule has 0 saturated heterocycles. The molecule has 218 valence electrons. The number of hydrogen-bond acceptors (Lipinski definition) is 5. The Kier molecular flexibility index (Phi) is 14.2. The zero-order chi connectivity index (χ0) is 28.6. The molecule has 0 bridgehead atoms. The molecule has 3 rings (SSSR count). The lowest BCUT2D eigenvalue weighted by atomic mass is 10.1. The zero-order valence-corrected chi connectivity index (χ0v) is 25.6. The van der Waals surface area contributed by atoms with E-state index in [9.17, 15) is 9.59 Å². The van der Waals surface area contributed by atoms with Gasteiger partial charge < -0.3 is 15.0 Å². The topological polar surface area (TPSA) is 58.6 Å². The molecular weight excluding hydrogens is 516 g/mol. The molecule has 1 aliphatic heterocycles. The molecule has 1 N–H and O–H groups in total. The van der Waals surface area contributed by atoms with Crippen LogP contribution in [-0.4, -0.2) is 29.1 Å². The minimum atomic E-state index is -0.208. The normalized spacial score (nSPS) is 12.9. The standard InChI is InChI=1S/C34H48N2O3S/c1-4-5-6-7-8-9-10-11-12-13-14-15-22-39-33-31(28(3)37)20-17-21-32(33)35-34(38)30-19-16-18-29(23-30)25-36-24-27(2)40-26-36/h16-21,23-24H,4-15,22,25-26H2,1-3H3,(H,35,38). The van der Waals surface area contributed by atoms with Gasteiger partial charge in [-0.3, -0.25) is 9.59 Å². The fraction of sp³-hybridized carbons (Fsp3) is 0.529. The minimum absolute atomic E-state index is 0.0744. The molecule has 1 heterocycles.